The largest absolute Gasteiger partial charge is 0.497 e. The lowest BCUT2D eigenvalue weighted by Gasteiger charge is -2.06. The predicted octanol–water partition coefficient (Wildman–Crippen LogP) is 2.83. The highest BCUT2D eigenvalue weighted by molar-refractivity contribution is 5.75. The normalized spacial score (nSPS) is 12.5. The average Bonchev–Trinajstić information content (AvgIpc) is 2.36. The molecule has 0 saturated heterocycles. The molecular weight excluding hydrogens is 216 g/mol. The first kappa shape index (κ1) is 13.3. The first-order chi connectivity index (χ1) is 8.08. The van der Waals surface area contributed by atoms with E-state index in [0.29, 0.717) is 0 Å². The molecule has 0 radical (unpaired) electrons. The van der Waals surface area contributed by atoms with Crippen molar-refractivity contribution in [2.24, 2.45) is 5.92 Å². The summed E-state index contributed by atoms with van der Waals surface area (Å²) in [6, 6.07) is 5.84. The molecule has 0 N–H and O–H groups in total. The van der Waals surface area contributed by atoms with Crippen molar-refractivity contribution in [1.29, 1.82) is 0 Å². The van der Waals surface area contributed by atoms with Crippen LogP contribution in [0.3, 0.4) is 0 Å². The van der Waals surface area contributed by atoms with Crippen LogP contribution in [-0.4, -0.2) is 20.2 Å². The van der Waals surface area contributed by atoms with E-state index in [2.05, 4.69) is 4.74 Å². The van der Waals surface area contributed by atoms with Crippen molar-refractivity contribution in [2.75, 3.05) is 14.2 Å². The summed E-state index contributed by atoms with van der Waals surface area (Å²) in [6.07, 6.45) is 3.74. The van der Waals surface area contributed by atoms with E-state index in [1.165, 1.54) is 7.11 Å². The highest BCUT2D eigenvalue weighted by Crippen LogP contribution is 2.19. The van der Waals surface area contributed by atoms with Gasteiger partial charge in [0.05, 0.1) is 20.1 Å². The fourth-order valence-electron chi connectivity index (χ4n) is 1.44. The number of carbonyl (C=O) groups excluding carboxylic acids is 1. The number of benzene rings is 1. The lowest BCUT2D eigenvalue weighted by molar-refractivity contribution is -0.143. The van der Waals surface area contributed by atoms with E-state index >= 15 is 0 Å². The van der Waals surface area contributed by atoms with Crippen LogP contribution in [0.5, 0.6) is 5.75 Å². The molecule has 0 aliphatic heterocycles. The predicted molar refractivity (Wildman–Crippen MR) is 67.9 cm³/mol. The Bertz CT molecular complexity index is 421. The second-order valence-electron chi connectivity index (χ2n) is 3.89. The van der Waals surface area contributed by atoms with Crippen molar-refractivity contribution in [3.63, 3.8) is 0 Å². The third-order valence-corrected chi connectivity index (χ3v) is 2.62. The Morgan fingerprint density at radius 1 is 1.35 bits per heavy atom. The molecule has 0 aromatic heterocycles. The van der Waals surface area contributed by atoms with E-state index in [1.807, 2.05) is 37.3 Å². The number of ether oxygens (including phenoxy) is 2. The Kier molecular flexibility index (Phi) is 4.76. The number of aryl methyl sites for hydroxylation is 1. The fourth-order valence-corrected chi connectivity index (χ4v) is 1.44. The molecule has 1 rings (SSSR count). The van der Waals surface area contributed by atoms with Crippen molar-refractivity contribution < 1.29 is 14.3 Å². The number of methoxy groups -OCH3 is 2. The van der Waals surface area contributed by atoms with E-state index in [-0.39, 0.29) is 11.9 Å². The first-order valence-electron chi connectivity index (χ1n) is 5.49. The topological polar surface area (TPSA) is 35.5 Å². The molecule has 0 aliphatic carbocycles. The maximum atomic E-state index is 11.2. The Labute approximate surface area is 102 Å². The zero-order chi connectivity index (χ0) is 12.8. The lowest BCUT2D eigenvalue weighted by atomic mass is 10.1. The molecular formula is C14H18O3. The minimum absolute atomic E-state index is 0.234. The summed E-state index contributed by atoms with van der Waals surface area (Å²) in [5.74, 6) is 0.327. The van der Waals surface area contributed by atoms with Crippen LogP contribution in [0.2, 0.25) is 0 Å². The van der Waals surface area contributed by atoms with Gasteiger partial charge in [0.2, 0.25) is 0 Å². The highest BCUT2D eigenvalue weighted by atomic mass is 16.5. The first-order valence-corrected chi connectivity index (χ1v) is 5.49. The van der Waals surface area contributed by atoms with Gasteiger partial charge in [-0.1, -0.05) is 18.2 Å². The van der Waals surface area contributed by atoms with Crippen molar-refractivity contribution in [3.8, 4) is 5.75 Å². The third-order valence-electron chi connectivity index (χ3n) is 2.62. The lowest BCUT2D eigenvalue weighted by Crippen LogP contribution is -2.09. The Balaban J connectivity index is 2.87. The Morgan fingerprint density at radius 2 is 2.06 bits per heavy atom. The molecule has 0 aliphatic rings. The molecule has 0 saturated carbocycles. The second kappa shape index (κ2) is 6.09. The van der Waals surface area contributed by atoms with Crippen molar-refractivity contribution in [2.45, 2.75) is 13.8 Å². The summed E-state index contributed by atoms with van der Waals surface area (Å²) in [7, 11) is 3.03. The smallest absolute Gasteiger partial charge is 0.312 e. The molecule has 0 fully saturated rings. The van der Waals surface area contributed by atoms with Crippen LogP contribution in [0.4, 0.5) is 0 Å². The molecule has 0 amide bonds. The van der Waals surface area contributed by atoms with Crippen LogP contribution >= 0.6 is 0 Å². The van der Waals surface area contributed by atoms with E-state index in [9.17, 15) is 4.79 Å². The van der Waals surface area contributed by atoms with Gasteiger partial charge in [0, 0.05) is 0 Å². The average molecular weight is 234 g/mol. The Hall–Kier alpha value is -1.77. The molecule has 17 heavy (non-hydrogen) atoms. The van der Waals surface area contributed by atoms with Gasteiger partial charge in [-0.3, -0.25) is 4.79 Å². The van der Waals surface area contributed by atoms with Gasteiger partial charge in [-0.2, -0.15) is 0 Å². The zero-order valence-corrected chi connectivity index (χ0v) is 10.7. The summed E-state index contributed by atoms with van der Waals surface area (Å²) >= 11 is 0. The SMILES string of the molecule is COC(=O)C(C)/C=C/c1cc(OC)ccc1C. The molecule has 1 atom stereocenters. The molecule has 3 nitrogen and oxygen atoms in total. The summed E-state index contributed by atoms with van der Waals surface area (Å²) in [4.78, 5) is 11.2. The quantitative estimate of drug-likeness (QED) is 0.751. The number of hydrogen-bond acceptors (Lipinski definition) is 3. The maximum absolute atomic E-state index is 11.2. The molecule has 0 heterocycles. The van der Waals surface area contributed by atoms with Crippen LogP contribution in [-0.2, 0) is 9.53 Å². The number of carbonyl (C=O) groups is 1. The fraction of sp³-hybridized carbons (Fsp3) is 0.357. The van der Waals surface area contributed by atoms with Crippen LogP contribution in [0.1, 0.15) is 18.1 Å². The minimum Gasteiger partial charge on any atom is -0.497 e. The monoisotopic (exact) mass is 234 g/mol. The number of hydrogen-bond donors (Lipinski definition) is 0. The van der Waals surface area contributed by atoms with E-state index in [0.717, 1.165) is 16.9 Å². The van der Waals surface area contributed by atoms with E-state index in [4.69, 9.17) is 4.74 Å². The molecule has 1 aromatic rings. The minimum atomic E-state index is -0.245. The van der Waals surface area contributed by atoms with Crippen LogP contribution in [0.25, 0.3) is 6.08 Å². The van der Waals surface area contributed by atoms with Crippen LogP contribution in [0.15, 0.2) is 24.3 Å². The maximum Gasteiger partial charge on any atom is 0.312 e. The molecule has 1 unspecified atom stereocenters. The van der Waals surface area contributed by atoms with Gasteiger partial charge in [0.1, 0.15) is 5.75 Å². The van der Waals surface area contributed by atoms with Gasteiger partial charge in [-0.05, 0) is 37.1 Å². The standard InChI is InChI=1S/C14H18O3/c1-10-6-8-13(16-3)9-12(10)7-5-11(2)14(15)17-4/h5-9,11H,1-4H3/b7-5+. The van der Waals surface area contributed by atoms with Crippen LogP contribution in [0, 0.1) is 12.8 Å². The van der Waals surface area contributed by atoms with Crippen molar-refractivity contribution in [3.05, 3.63) is 35.4 Å². The van der Waals surface area contributed by atoms with Crippen molar-refractivity contribution in [1.82, 2.24) is 0 Å². The van der Waals surface area contributed by atoms with Gasteiger partial charge < -0.3 is 9.47 Å². The van der Waals surface area contributed by atoms with Crippen molar-refractivity contribution >= 4 is 12.0 Å². The summed E-state index contributed by atoms with van der Waals surface area (Å²) < 4.78 is 9.82. The number of rotatable bonds is 4. The summed E-state index contributed by atoms with van der Waals surface area (Å²) in [6.45, 7) is 3.82. The molecule has 0 spiro atoms. The van der Waals surface area contributed by atoms with Gasteiger partial charge >= 0.3 is 5.97 Å². The number of esters is 1. The summed E-state index contributed by atoms with van der Waals surface area (Å²) in [5, 5.41) is 0. The van der Waals surface area contributed by atoms with Gasteiger partial charge in [0.25, 0.3) is 0 Å². The highest BCUT2D eigenvalue weighted by Gasteiger charge is 2.08. The molecule has 3 heteroatoms. The zero-order valence-electron chi connectivity index (χ0n) is 10.7. The van der Waals surface area contributed by atoms with Gasteiger partial charge in [-0.15, -0.1) is 0 Å². The summed E-state index contributed by atoms with van der Waals surface area (Å²) in [5.41, 5.74) is 2.18. The van der Waals surface area contributed by atoms with Gasteiger partial charge in [-0.25, -0.2) is 0 Å². The Morgan fingerprint density at radius 3 is 2.65 bits per heavy atom. The van der Waals surface area contributed by atoms with E-state index < -0.39 is 0 Å². The van der Waals surface area contributed by atoms with E-state index in [1.54, 1.807) is 14.0 Å². The molecule has 0 bridgehead atoms. The van der Waals surface area contributed by atoms with Crippen LogP contribution < -0.4 is 4.74 Å². The second-order valence-corrected chi connectivity index (χ2v) is 3.89. The molecule has 1 aromatic carbocycles. The molecule has 92 valence electrons. The third kappa shape index (κ3) is 3.63. The van der Waals surface area contributed by atoms with Gasteiger partial charge in [0.15, 0.2) is 0 Å².